The third kappa shape index (κ3) is 3.05. The molecule has 1 atom stereocenters. The second kappa shape index (κ2) is 5.73. The Morgan fingerprint density at radius 3 is 2.26 bits per heavy atom. The number of aryl methyl sites for hydroxylation is 1. The Kier molecular flexibility index (Phi) is 4.53. The van der Waals surface area contributed by atoms with E-state index in [1.54, 1.807) is 13.2 Å². The Balaban J connectivity index is 3.40. The van der Waals surface area contributed by atoms with Crippen LogP contribution in [0.5, 0.6) is 5.75 Å². The van der Waals surface area contributed by atoms with Crippen molar-refractivity contribution >= 4 is 11.9 Å². The molecule has 2 N–H and O–H groups in total. The minimum atomic E-state index is -1.08. The molecule has 5 heteroatoms. The van der Waals surface area contributed by atoms with Crippen LogP contribution >= 0.6 is 0 Å². The van der Waals surface area contributed by atoms with Crippen molar-refractivity contribution in [2.75, 3.05) is 7.11 Å². The van der Waals surface area contributed by atoms with Gasteiger partial charge in [-0.3, -0.25) is 4.79 Å². The standard InChI is InChI=1S/C14H19NO4/c1-7-6-11(8(2)9(3)13(7)19-5)12(14(17)18)15-10(4)16/h6,12H,1-5H3,(H,15,16)(H,17,18). The Morgan fingerprint density at radius 2 is 1.84 bits per heavy atom. The van der Waals surface area contributed by atoms with E-state index in [0.29, 0.717) is 5.56 Å². The van der Waals surface area contributed by atoms with Crippen LogP contribution in [-0.4, -0.2) is 24.1 Å². The SMILES string of the molecule is COc1c(C)cc(C(NC(C)=O)C(=O)O)c(C)c1C. The summed E-state index contributed by atoms with van der Waals surface area (Å²) in [5, 5.41) is 11.7. The number of methoxy groups -OCH3 is 1. The highest BCUT2D eigenvalue weighted by Crippen LogP contribution is 2.31. The molecule has 104 valence electrons. The molecule has 0 fully saturated rings. The first-order valence-electron chi connectivity index (χ1n) is 5.94. The van der Waals surface area contributed by atoms with E-state index in [2.05, 4.69) is 5.32 Å². The van der Waals surface area contributed by atoms with Gasteiger partial charge in [-0.1, -0.05) is 0 Å². The molecule has 1 unspecified atom stereocenters. The van der Waals surface area contributed by atoms with Gasteiger partial charge in [0.25, 0.3) is 0 Å². The number of aliphatic carboxylic acids is 1. The maximum Gasteiger partial charge on any atom is 0.330 e. The predicted molar refractivity (Wildman–Crippen MR) is 71.4 cm³/mol. The van der Waals surface area contributed by atoms with Crippen LogP contribution < -0.4 is 10.1 Å². The van der Waals surface area contributed by atoms with E-state index in [4.69, 9.17) is 4.74 Å². The van der Waals surface area contributed by atoms with Gasteiger partial charge in [-0.15, -0.1) is 0 Å². The predicted octanol–water partition coefficient (Wildman–Crippen LogP) is 1.88. The number of carboxylic acid groups (broad SMARTS) is 1. The molecule has 5 nitrogen and oxygen atoms in total. The third-order valence-electron chi connectivity index (χ3n) is 3.18. The summed E-state index contributed by atoms with van der Waals surface area (Å²) in [6.45, 7) is 6.84. The molecule has 1 aromatic rings. The van der Waals surface area contributed by atoms with E-state index in [0.717, 1.165) is 22.4 Å². The molecule has 0 bridgehead atoms. The highest BCUT2D eigenvalue weighted by molar-refractivity contribution is 5.84. The summed E-state index contributed by atoms with van der Waals surface area (Å²) in [6.07, 6.45) is 0. The minimum Gasteiger partial charge on any atom is -0.496 e. The molecular formula is C14H19NO4. The zero-order chi connectivity index (χ0) is 14.7. The molecule has 1 rings (SSSR count). The number of hydrogen-bond acceptors (Lipinski definition) is 3. The summed E-state index contributed by atoms with van der Waals surface area (Å²) >= 11 is 0. The first-order chi connectivity index (χ1) is 8.79. The fourth-order valence-corrected chi connectivity index (χ4v) is 2.18. The van der Waals surface area contributed by atoms with Gasteiger partial charge in [0.1, 0.15) is 5.75 Å². The van der Waals surface area contributed by atoms with Gasteiger partial charge in [0.15, 0.2) is 6.04 Å². The number of carbonyl (C=O) groups excluding carboxylic acids is 1. The molecule has 0 aliphatic heterocycles. The molecule has 1 amide bonds. The van der Waals surface area contributed by atoms with Gasteiger partial charge in [-0.25, -0.2) is 4.79 Å². The fraction of sp³-hybridized carbons (Fsp3) is 0.429. The molecule has 0 heterocycles. The van der Waals surface area contributed by atoms with Crippen molar-refractivity contribution in [1.82, 2.24) is 5.32 Å². The Labute approximate surface area is 112 Å². The van der Waals surface area contributed by atoms with Crippen LogP contribution in [0.4, 0.5) is 0 Å². The van der Waals surface area contributed by atoms with Crippen LogP contribution in [0.15, 0.2) is 6.07 Å². The summed E-state index contributed by atoms with van der Waals surface area (Å²) in [5.74, 6) is -0.714. The summed E-state index contributed by atoms with van der Waals surface area (Å²) in [4.78, 5) is 22.5. The Hall–Kier alpha value is -2.04. The Bertz CT molecular complexity index is 523. The van der Waals surface area contributed by atoms with E-state index < -0.39 is 12.0 Å². The van der Waals surface area contributed by atoms with Gasteiger partial charge in [0, 0.05) is 6.92 Å². The molecule has 0 aliphatic rings. The monoisotopic (exact) mass is 265 g/mol. The van der Waals surface area contributed by atoms with Crippen molar-refractivity contribution in [3.8, 4) is 5.75 Å². The third-order valence-corrected chi connectivity index (χ3v) is 3.18. The lowest BCUT2D eigenvalue weighted by Crippen LogP contribution is -2.32. The zero-order valence-electron chi connectivity index (χ0n) is 11.8. The minimum absolute atomic E-state index is 0.377. The first kappa shape index (κ1) is 15.0. The molecule has 0 radical (unpaired) electrons. The normalized spacial score (nSPS) is 11.8. The van der Waals surface area contributed by atoms with Gasteiger partial charge in [-0.05, 0) is 49.1 Å². The number of rotatable bonds is 4. The van der Waals surface area contributed by atoms with Gasteiger partial charge in [0.05, 0.1) is 7.11 Å². The molecule has 0 aromatic heterocycles. The van der Waals surface area contributed by atoms with E-state index >= 15 is 0 Å². The van der Waals surface area contributed by atoms with Crippen molar-refractivity contribution in [2.24, 2.45) is 0 Å². The van der Waals surface area contributed by atoms with Crippen molar-refractivity contribution in [3.05, 3.63) is 28.3 Å². The molecule has 0 saturated heterocycles. The quantitative estimate of drug-likeness (QED) is 0.871. The molecule has 1 aromatic carbocycles. The van der Waals surface area contributed by atoms with Crippen LogP contribution in [0.1, 0.15) is 35.2 Å². The summed E-state index contributed by atoms with van der Waals surface area (Å²) < 4.78 is 5.30. The number of nitrogens with one attached hydrogen (secondary N) is 1. The average molecular weight is 265 g/mol. The zero-order valence-corrected chi connectivity index (χ0v) is 11.8. The fourth-order valence-electron chi connectivity index (χ4n) is 2.18. The molecule has 19 heavy (non-hydrogen) atoms. The second-order valence-electron chi connectivity index (χ2n) is 4.54. The molecule has 0 spiro atoms. The van der Waals surface area contributed by atoms with Crippen LogP contribution in [-0.2, 0) is 9.59 Å². The van der Waals surface area contributed by atoms with Crippen LogP contribution in [0, 0.1) is 20.8 Å². The van der Waals surface area contributed by atoms with Gasteiger partial charge in [0.2, 0.25) is 5.91 Å². The number of carbonyl (C=O) groups is 2. The van der Waals surface area contributed by atoms with Gasteiger partial charge >= 0.3 is 5.97 Å². The topological polar surface area (TPSA) is 75.6 Å². The van der Waals surface area contributed by atoms with Crippen molar-refractivity contribution in [1.29, 1.82) is 0 Å². The first-order valence-corrected chi connectivity index (χ1v) is 5.94. The lowest BCUT2D eigenvalue weighted by Gasteiger charge is -2.20. The summed E-state index contributed by atoms with van der Waals surface area (Å²) in [6, 6.07) is 0.705. The lowest BCUT2D eigenvalue weighted by molar-refractivity contribution is -0.141. The molecular weight excluding hydrogens is 246 g/mol. The highest BCUT2D eigenvalue weighted by atomic mass is 16.5. The number of ether oxygens (including phenoxy) is 1. The van der Waals surface area contributed by atoms with Crippen LogP contribution in [0.3, 0.4) is 0 Å². The maximum atomic E-state index is 11.3. The van der Waals surface area contributed by atoms with Gasteiger partial charge in [-0.2, -0.15) is 0 Å². The maximum absolute atomic E-state index is 11.3. The van der Waals surface area contributed by atoms with E-state index in [-0.39, 0.29) is 5.91 Å². The van der Waals surface area contributed by atoms with E-state index in [1.807, 2.05) is 20.8 Å². The van der Waals surface area contributed by atoms with Crippen molar-refractivity contribution < 1.29 is 19.4 Å². The largest absolute Gasteiger partial charge is 0.496 e. The number of benzene rings is 1. The number of amides is 1. The van der Waals surface area contributed by atoms with E-state index in [1.165, 1.54) is 6.92 Å². The highest BCUT2D eigenvalue weighted by Gasteiger charge is 2.24. The van der Waals surface area contributed by atoms with Crippen LogP contribution in [0.2, 0.25) is 0 Å². The number of hydrogen-bond donors (Lipinski definition) is 2. The van der Waals surface area contributed by atoms with E-state index in [9.17, 15) is 14.7 Å². The lowest BCUT2D eigenvalue weighted by atomic mass is 9.93. The molecule has 0 aliphatic carbocycles. The summed E-state index contributed by atoms with van der Waals surface area (Å²) in [5.41, 5.74) is 3.12. The average Bonchev–Trinajstić information content (AvgIpc) is 2.31. The summed E-state index contributed by atoms with van der Waals surface area (Å²) in [7, 11) is 1.58. The number of carboxylic acids is 1. The van der Waals surface area contributed by atoms with Crippen molar-refractivity contribution in [2.45, 2.75) is 33.7 Å². The van der Waals surface area contributed by atoms with Gasteiger partial charge < -0.3 is 15.2 Å². The second-order valence-corrected chi connectivity index (χ2v) is 4.54. The van der Waals surface area contributed by atoms with Crippen LogP contribution in [0.25, 0.3) is 0 Å². The smallest absolute Gasteiger partial charge is 0.330 e. The Morgan fingerprint density at radius 1 is 1.26 bits per heavy atom. The van der Waals surface area contributed by atoms with Crippen molar-refractivity contribution in [3.63, 3.8) is 0 Å². The molecule has 0 saturated carbocycles.